The molecule has 0 aliphatic heterocycles. The van der Waals surface area contributed by atoms with Crippen molar-refractivity contribution in [2.24, 2.45) is 5.73 Å². The van der Waals surface area contributed by atoms with E-state index in [-0.39, 0.29) is 17.4 Å². The van der Waals surface area contributed by atoms with Crippen LogP contribution in [0.3, 0.4) is 0 Å². The van der Waals surface area contributed by atoms with Crippen LogP contribution in [0.1, 0.15) is 37.4 Å². The van der Waals surface area contributed by atoms with E-state index >= 15 is 0 Å². The van der Waals surface area contributed by atoms with E-state index in [1.165, 1.54) is 6.07 Å². The Hall–Kier alpha value is -0.930. The maximum absolute atomic E-state index is 13.3. The normalized spacial score (nSPS) is 14.1. The van der Waals surface area contributed by atoms with Gasteiger partial charge in [0.05, 0.1) is 0 Å². The Morgan fingerprint density at radius 1 is 1.35 bits per heavy atom. The van der Waals surface area contributed by atoms with E-state index < -0.39 is 0 Å². The van der Waals surface area contributed by atoms with Crippen molar-refractivity contribution in [1.29, 1.82) is 0 Å². The molecule has 1 rings (SSSR count). The molecule has 2 N–H and O–H groups in total. The topological polar surface area (TPSA) is 29.3 Å². The first kappa shape index (κ1) is 14.1. The number of halogens is 1. The number of aryl methyl sites for hydroxylation is 1. The molecule has 1 aromatic carbocycles. The first-order chi connectivity index (χ1) is 7.70. The highest BCUT2D eigenvalue weighted by Crippen LogP contribution is 2.27. The van der Waals surface area contributed by atoms with Crippen LogP contribution in [-0.4, -0.2) is 24.5 Å². The van der Waals surface area contributed by atoms with Crippen LogP contribution >= 0.6 is 0 Å². The largest absolute Gasteiger partial charge is 0.325 e. The Kier molecular flexibility index (Phi) is 4.28. The van der Waals surface area contributed by atoms with E-state index in [1.54, 1.807) is 6.92 Å². The quantitative estimate of drug-likeness (QED) is 0.874. The van der Waals surface area contributed by atoms with Gasteiger partial charge >= 0.3 is 0 Å². The Morgan fingerprint density at radius 2 is 1.94 bits per heavy atom. The van der Waals surface area contributed by atoms with Crippen LogP contribution in [0, 0.1) is 12.7 Å². The summed E-state index contributed by atoms with van der Waals surface area (Å²) in [6, 6.07) is 5.50. The predicted molar refractivity (Wildman–Crippen MR) is 70.4 cm³/mol. The second kappa shape index (κ2) is 5.15. The number of rotatable bonds is 4. The van der Waals surface area contributed by atoms with Crippen molar-refractivity contribution in [3.05, 3.63) is 35.1 Å². The lowest BCUT2D eigenvalue weighted by molar-refractivity contribution is 0.243. The zero-order chi connectivity index (χ0) is 13.2. The minimum Gasteiger partial charge on any atom is -0.325 e. The highest BCUT2D eigenvalue weighted by molar-refractivity contribution is 5.26. The van der Waals surface area contributed by atoms with Gasteiger partial charge in [-0.1, -0.05) is 12.1 Å². The van der Waals surface area contributed by atoms with Gasteiger partial charge in [0, 0.05) is 11.6 Å². The summed E-state index contributed by atoms with van der Waals surface area (Å²) >= 11 is 0. The zero-order valence-corrected chi connectivity index (χ0v) is 11.4. The van der Waals surface area contributed by atoms with E-state index in [9.17, 15) is 4.39 Å². The van der Waals surface area contributed by atoms with Crippen LogP contribution < -0.4 is 5.73 Å². The lowest BCUT2D eigenvalue weighted by Gasteiger charge is -2.31. The maximum atomic E-state index is 13.3. The fourth-order valence-corrected chi connectivity index (χ4v) is 1.97. The van der Waals surface area contributed by atoms with Crippen LogP contribution in [0.15, 0.2) is 18.2 Å². The summed E-state index contributed by atoms with van der Waals surface area (Å²) in [5.74, 6) is -0.154. The van der Waals surface area contributed by atoms with Crippen LogP contribution in [-0.2, 0) is 0 Å². The van der Waals surface area contributed by atoms with E-state index in [0.717, 1.165) is 12.0 Å². The molecular weight excluding hydrogens is 215 g/mol. The highest BCUT2D eigenvalue weighted by atomic mass is 19.1. The summed E-state index contributed by atoms with van der Waals surface area (Å²) in [6.07, 6.45) is 0.838. The fourth-order valence-electron chi connectivity index (χ4n) is 1.97. The van der Waals surface area contributed by atoms with Gasteiger partial charge in [-0.15, -0.1) is 0 Å². The van der Waals surface area contributed by atoms with Gasteiger partial charge in [-0.05, 0) is 58.5 Å². The second-order valence-corrected chi connectivity index (χ2v) is 5.68. The van der Waals surface area contributed by atoms with Crippen molar-refractivity contribution in [2.45, 2.75) is 38.8 Å². The summed E-state index contributed by atoms with van der Waals surface area (Å²) in [5.41, 5.74) is 7.64. The number of hydrogen-bond acceptors (Lipinski definition) is 2. The lowest BCUT2D eigenvalue weighted by atomic mass is 9.90. The molecule has 0 heterocycles. The van der Waals surface area contributed by atoms with Gasteiger partial charge in [-0.25, -0.2) is 4.39 Å². The highest BCUT2D eigenvalue weighted by Gasteiger charge is 2.22. The van der Waals surface area contributed by atoms with E-state index in [0.29, 0.717) is 5.56 Å². The molecule has 0 aliphatic rings. The number of benzene rings is 1. The van der Waals surface area contributed by atoms with Gasteiger partial charge in [-0.3, -0.25) is 0 Å². The van der Waals surface area contributed by atoms with Gasteiger partial charge < -0.3 is 10.6 Å². The molecule has 17 heavy (non-hydrogen) atoms. The number of nitrogens with zero attached hydrogens (tertiary/aromatic N) is 1. The Bertz CT molecular complexity index is 380. The Labute approximate surface area is 104 Å². The molecule has 0 saturated heterocycles. The maximum Gasteiger partial charge on any atom is 0.126 e. The Morgan fingerprint density at radius 3 is 2.35 bits per heavy atom. The van der Waals surface area contributed by atoms with Crippen LogP contribution in [0.25, 0.3) is 0 Å². The van der Waals surface area contributed by atoms with Crippen molar-refractivity contribution >= 4 is 0 Å². The van der Waals surface area contributed by atoms with Crippen LogP contribution in [0.2, 0.25) is 0 Å². The van der Waals surface area contributed by atoms with Crippen molar-refractivity contribution in [3.8, 4) is 0 Å². The number of hydrogen-bond donors (Lipinski definition) is 1. The van der Waals surface area contributed by atoms with E-state index in [2.05, 4.69) is 4.90 Å². The molecule has 0 radical (unpaired) electrons. The minimum atomic E-state index is -0.239. The molecule has 1 unspecified atom stereocenters. The average Bonchev–Trinajstić information content (AvgIpc) is 2.17. The summed E-state index contributed by atoms with van der Waals surface area (Å²) in [6.45, 7) is 5.82. The van der Waals surface area contributed by atoms with Crippen molar-refractivity contribution < 1.29 is 4.39 Å². The third-order valence-corrected chi connectivity index (χ3v) is 2.91. The molecule has 0 spiro atoms. The first-order valence-corrected chi connectivity index (χ1v) is 5.92. The van der Waals surface area contributed by atoms with Crippen LogP contribution in [0.5, 0.6) is 0 Å². The van der Waals surface area contributed by atoms with Crippen molar-refractivity contribution in [1.82, 2.24) is 4.90 Å². The summed E-state index contributed by atoms with van der Waals surface area (Å²) in [5, 5.41) is 0. The average molecular weight is 238 g/mol. The molecule has 1 aromatic rings. The predicted octanol–water partition coefficient (Wildman–Crippen LogP) is 2.86. The van der Waals surface area contributed by atoms with E-state index in [1.807, 2.05) is 40.1 Å². The molecule has 1 atom stereocenters. The van der Waals surface area contributed by atoms with Gasteiger partial charge in [-0.2, -0.15) is 0 Å². The van der Waals surface area contributed by atoms with Gasteiger partial charge in [0.15, 0.2) is 0 Å². The van der Waals surface area contributed by atoms with Crippen molar-refractivity contribution in [3.63, 3.8) is 0 Å². The molecule has 0 fully saturated rings. The standard InChI is InChI=1S/C14H23FN2/c1-10-8-11(6-7-12(10)15)13(17(4)5)9-14(2,3)16/h6-8,13H,9,16H2,1-5H3. The molecule has 2 nitrogen and oxygen atoms in total. The monoisotopic (exact) mass is 238 g/mol. The number of nitrogens with two attached hydrogens (primary N) is 1. The van der Waals surface area contributed by atoms with Gasteiger partial charge in [0.1, 0.15) is 5.82 Å². The molecule has 96 valence electrons. The van der Waals surface area contributed by atoms with Gasteiger partial charge in [0.25, 0.3) is 0 Å². The zero-order valence-electron chi connectivity index (χ0n) is 11.4. The molecular formula is C14H23FN2. The minimum absolute atomic E-state index is 0.154. The SMILES string of the molecule is Cc1cc(C(CC(C)(C)N)N(C)C)ccc1F. The van der Waals surface area contributed by atoms with Crippen molar-refractivity contribution in [2.75, 3.05) is 14.1 Å². The smallest absolute Gasteiger partial charge is 0.126 e. The fraction of sp³-hybridized carbons (Fsp3) is 0.571. The third kappa shape index (κ3) is 4.10. The molecule has 0 aliphatic carbocycles. The molecule has 0 saturated carbocycles. The molecule has 0 amide bonds. The molecule has 0 aromatic heterocycles. The molecule has 3 heteroatoms. The summed E-state index contributed by atoms with van der Waals surface area (Å²) in [4.78, 5) is 2.13. The molecule has 0 bridgehead atoms. The summed E-state index contributed by atoms with van der Waals surface area (Å²) in [7, 11) is 4.05. The summed E-state index contributed by atoms with van der Waals surface area (Å²) < 4.78 is 13.3. The van der Waals surface area contributed by atoms with Gasteiger partial charge in [0.2, 0.25) is 0 Å². The second-order valence-electron chi connectivity index (χ2n) is 5.68. The first-order valence-electron chi connectivity index (χ1n) is 5.92. The van der Waals surface area contributed by atoms with E-state index in [4.69, 9.17) is 5.73 Å². The third-order valence-electron chi connectivity index (χ3n) is 2.91. The Balaban J connectivity index is 3.02. The lowest BCUT2D eigenvalue weighted by Crippen LogP contribution is -2.37. The van der Waals surface area contributed by atoms with Crippen LogP contribution in [0.4, 0.5) is 4.39 Å².